The number of aliphatic imine (C=N–C) groups is 2. The molecule has 3 unspecified atom stereocenters. The lowest BCUT2D eigenvalue weighted by atomic mass is 9.97. The third-order valence-corrected chi connectivity index (χ3v) is 5.32. The van der Waals surface area contributed by atoms with Crippen molar-refractivity contribution in [1.82, 2.24) is 9.80 Å². The zero-order valence-corrected chi connectivity index (χ0v) is 13.5. The van der Waals surface area contributed by atoms with E-state index < -0.39 is 6.23 Å². The number of amidine groups is 2. The SMILES string of the molecule is CCC1=NCC2C(=N1)N(C1CCCC1)C(CC)C(O)N2C. The lowest BCUT2D eigenvalue weighted by Gasteiger charge is -2.52. The molecule has 0 aromatic rings. The average Bonchev–Trinajstić information content (AvgIpc) is 3.03. The van der Waals surface area contributed by atoms with Crippen LogP contribution in [0.5, 0.6) is 0 Å². The summed E-state index contributed by atoms with van der Waals surface area (Å²) in [5, 5.41) is 10.7. The van der Waals surface area contributed by atoms with E-state index in [0.717, 1.165) is 31.1 Å². The molecule has 0 aromatic heterocycles. The van der Waals surface area contributed by atoms with Crippen LogP contribution in [0.15, 0.2) is 9.98 Å². The summed E-state index contributed by atoms with van der Waals surface area (Å²) < 4.78 is 0. The molecule has 118 valence electrons. The number of aliphatic hydroxyl groups excluding tert-OH is 1. The van der Waals surface area contributed by atoms with Gasteiger partial charge < -0.3 is 10.0 Å². The van der Waals surface area contributed by atoms with Gasteiger partial charge in [0.25, 0.3) is 0 Å². The quantitative estimate of drug-likeness (QED) is 0.864. The predicted octanol–water partition coefficient (Wildman–Crippen LogP) is 1.86. The second kappa shape index (κ2) is 6.05. The molecule has 1 N–H and O–H groups in total. The van der Waals surface area contributed by atoms with Crippen LogP contribution in [0.2, 0.25) is 0 Å². The molecule has 3 aliphatic rings. The highest BCUT2D eigenvalue weighted by atomic mass is 16.3. The van der Waals surface area contributed by atoms with Gasteiger partial charge in [0.2, 0.25) is 0 Å². The number of rotatable bonds is 3. The fourth-order valence-corrected chi connectivity index (χ4v) is 4.06. The van der Waals surface area contributed by atoms with E-state index in [1.54, 1.807) is 0 Å². The molecule has 3 rings (SSSR count). The van der Waals surface area contributed by atoms with Gasteiger partial charge in [-0.3, -0.25) is 9.89 Å². The van der Waals surface area contributed by atoms with E-state index in [0.29, 0.717) is 6.04 Å². The van der Waals surface area contributed by atoms with Gasteiger partial charge in [0.1, 0.15) is 17.9 Å². The number of likely N-dealkylation sites (N-methyl/N-ethyl adjacent to an activating group) is 1. The van der Waals surface area contributed by atoms with Gasteiger partial charge in [-0.2, -0.15) is 0 Å². The molecular formula is C16H28N4O. The summed E-state index contributed by atoms with van der Waals surface area (Å²) in [5.74, 6) is 2.12. The maximum atomic E-state index is 10.7. The standard InChI is InChI=1S/C16H28N4O/c1-4-12-16(21)19(3)13-10-17-14(5-2)18-15(13)20(12)11-8-6-7-9-11/h11-13,16,21H,4-10H2,1-3H3. The first-order chi connectivity index (χ1) is 10.2. The zero-order chi connectivity index (χ0) is 15.0. The van der Waals surface area contributed by atoms with E-state index in [1.807, 2.05) is 7.05 Å². The topological polar surface area (TPSA) is 51.4 Å². The van der Waals surface area contributed by atoms with E-state index in [1.165, 1.54) is 25.7 Å². The molecule has 0 amide bonds. The Kier molecular flexibility index (Phi) is 4.31. The van der Waals surface area contributed by atoms with Crippen molar-refractivity contribution in [2.24, 2.45) is 9.98 Å². The van der Waals surface area contributed by atoms with Crippen LogP contribution in [0, 0.1) is 0 Å². The Hall–Kier alpha value is -0.940. The maximum Gasteiger partial charge on any atom is 0.128 e. The summed E-state index contributed by atoms with van der Waals surface area (Å²) >= 11 is 0. The fourth-order valence-electron chi connectivity index (χ4n) is 4.06. The minimum absolute atomic E-state index is 0.138. The van der Waals surface area contributed by atoms with E-state index in [9.17, 15) is 5.11 Å². The van der Waals surface area contributed by atoms with Crippen molar-refractivity contribution in [2.45, 2.75) is 76.7 Å². The molecule has 1 saturated heterocycles. The zero-order valence-electron chi connectivity index (χ0n) is 13.5. The molecule has 0 radical (unpaired) electrons. The van der Waals surface area contributed by atoms with Crippen molar-refractivity contribution in [3.8, 4) is 0 Å². The van der Waals surface area contributed by atoms with Crippen molar-refractivity contribution >= 4 is 11.7 Å². The number of fused-ring (bicyclic) bond motifs is 1. The molecule has 2 aliphatic heterocycles. The summed E-state index contributed by atoms with van der Waals surface area (Å²) in [7, 11) is 2.01. The molecular weight excluding hydrogens is 264 g/mol. The van der Waals surface area contributed by atoms with Gasteiger partial charge in [0.05, 0.1) is 18.6 Å². The minimum Gasteiger partial charge on any atom is -0.376 e. The normalized spacial score (nSPS) is 34.7. The highest BCUT2D eigenvalue weighted by molar-refractivity contribution is 6.02. The van der Waals surface area contributed by atoms with Crippen LogP contribution in [0.3, 0.4) is 0 Å². The Labute approximate surface area is 127 Å². The Balaban J connectivity index is 1.97. The molecule has 5 heteroatoms. The van der Waals surface area contributed by atoms with Crippen LogP contribution < -0.4 is 0 Å². The lowest BCUT2D eigenvalue weighted by Crippen LogP contribution is -2.68. The Morgan fingerprint density at radius 1 is 1.24 bits per heavy atom. The lowest BCUT2D eigenvalue weighted by molar-refractivity contribution is -0.0728. The van der Waals surface area contributed by atoms with E-state index in [2.05, 4.69) is 28.6 Å². The van der Waals surface area contributed by atoms with Gasteiger partial charge in [-0.15, -0.1) is 0 Å². The number of hydrogen-bond donors (Lipinski definition) is 1. The third kappa shape index (κ3) is 2.50. The first kappa shape index (κ1) is 15.0. The summed E-state index contributed by atoms with van der Waals surface area (Å²) in [6, 6.07) is 0.846. The molecule has 1 aliphatic carbocycles. The summed E-state index contributed by atoms with van der Waals surface area (Å²) in [6.45, 7) is 5.01. The highest BCUT2D eigenvalue weighted by Crippen LogP contribution is 2.33. The van der Waals surface area contributed by atoms with Crippen molar-refractivity contribution in [3.63, 3.8) is 0 Å². The molecule has 0 bridgehead atoms. The van der Waals surface area contributed by atoms with Gasteiger partial charge >= 0.3 is 0 Å². The Morgan fingerprint density at radius 2 is 1.95 bits per heavy atom. The molecule has 3 atom stereocenters. The highest BCUT2D eigenvalue weighted by Gasteiger charge is 2.46. The van der Waals surface area contributed by atoms with Crippen LogP contribution in [-0.4, -0.2) is 64.5 Å². The van der Waals surface area contributed by atoms with Gasteiger partial charge in [0.15, 0.2) is 0 Å². The van der Waals surface area contributed by atoms with Crippen molar-refractivity contribution in [3.05, 3.63) is 0 Å². The molecule has 1 saturated carbocycles. The molecule has 2 fully saturated rings. The van der Waals surface area contributed by atoms with Crippen LogP contribution >= 0.6 is 0 Å². The van der Waals surface area contributed by atoms with Crippen LogP contribution in [0.4, 0.5) is 0 Å². The Morgan fingerprint density at radius 3 is 2.57 bits per heavy atom. The number of aliphatic hydroxyl groups is 1. The van der Waals surface area contributed by atoms with Crippen LogP contribution in [0.25, 0.3) is 0 Å². The third-order valence-electron chi connectivity index (χ3n) is 5.32. The maximum absolute atomic E-state index is 10.7. The second-order valence-corrected chi connectivity index (χ2v) is 6.50. The smallest absolute Gasteiger partial charge is 0.128 e. The molecule has 0 spiro atoms. The second-order valence-electron chi connectivity index (χ2n) is 6.50. The van der Waals surface area contributed by atoms with Crippen LogP contribution in [0.1, 0.15) is 52.4 Å². The molecule has 0 aromatic carbocycles. The van der Waals surface area contributed by atoms with Crippen LogP contribution in [-0.2, 0) is 0 Å². The van der Waals surface area contributed by atoms with Crippen molar-refractivity contribution in [2.75, 3.05) is 13.6 Å². The monoisotopic (exact) mass is 292 g/mol. The fraction of sp³-hybridized carbons (Fsp3) is 0.875. The molecule has 5 nitrogen and oxygen atoms in total. The van der Waals surface area contributed by atoms with Gasteiger partial charge in [0, 0.05) is 12.5 Å². The summed E-state index contributed by atoms with van der Waals surface area (Å²) in [4.78, 5) is 14.0. The predicted molar refractivity (Wildman–Crippen MR) is 85.8 cm³/mol. The van der Waals surface area contributed by atoms with Crippen molar-refractivity contribution < 1.29 is 5.11 Å². The van der Waals surface area contributed by atoms with Gasteiger partial charge in [-0.25, -0.2) is 4.99 Å². The summed E-state index contributed by atoms with van der Waals surface area (Å²) in [6.07, 6.45) is 6.49. The van der Waals surface area contributed by atoms with Crippen molar-refractivity contribution in [1.29, 1.82) is 0 Å². The number of nitrogens with zero attached hydrogens (tertiary/aromatic N) is 4. The number of hydrogen-bond acceptors (Lipinski definition) is 5. The first-order valence-electron chi connectivity index (χ1n) is 8.47. The largest absolute Gasteiger partial charge is 0.376 e. The molecule has 21 heavy (non-hydrogen) atoms. The van der Waals surface area contributed by atoms with E-state index in [4.69, 9.17) is 4.99 Å². The van der Waals surface area contributed by atoms with E-state index in [-0.39, 0.29) is 12.1 Å². The van der Waals surface area contributed by atoms with Gasteiger partial charge in [-0.05, 0) is 26.3 Å². The minimum atomic E-state index is -0.419. The number of piperazine rings is 1. The first-order valence-corrected chi connectivity index (χ1v) is 8.47. The van der Waals surface area contributed by atoms with E-state index >= 15 is 0 Å². The average molecular weight is 292 g/mol. The van der Waals surface area contributed by atoms with Gasteiger partial charge in [-0.1, -0.05) is 26.7 Å². The Bertz CT molecular complexity index is 442. The molecule has 2 heterocycles. The summed E-state index contributed by atoms with van der Waals surface area (Å²) in [5.41, 5.74) is 0.